The van der Waals surface area contributed by atoms with E-state index in [2.05, 4.69) is 15.6 Å². The van der Waals surface area contributed by atoms with Crippen LogP contribution in [0.25, 0.3) is 0 Å². The zero-order chi connectivity index (χ0) is 19.8. The van der Waals surface area contributed by atoms with E-state index in [0.717, 1.165) is 9.78 Å². The topological polar surface area (TPSA) is 134 Å². The molecule has 1 fully saturated rings. The number of rotatable bonds is 5. The van der Waals surface area contributed by atoms with Crippen molar-refractivity contribution in [3.05, 3.63) is 46.0 Å². The Hall–Kier alpha value is -3.11. The van der Waals surface area contributed by atoms with Gasteiger partial charge in [-0.1, -0.05) is 12.1 Å². The molecule has 0 aliphatic carbocycles. The number of imide groups is 2. The fraction of sp³-hybridized carbons (Fsp3) is 0.278. The lowest BCUT2D eigenvalue weighted by Gasteiger charge is -2.27. The summed E-state index contributed by atoms with van der Waals surface area (Å²) in [5, 5.41) is 5.89. The lowest BCUT2D eigenvalue weighted by atomic mass is 10.0. The predicted octanol–water partition coefficient (Wildman–Crippen LogP) is 0.416. The van der Waals surface area contributed by atoms with E-state index < -0.39 is 29.7 Å². The number of hydrogen-bond donors (Lipinski definition) is 3. The average molecular weight is 399 g/mol. The van der Waals surface area contributed by atoms with Crippen LogP contribution in [0.15, 0.2) is 24.4 Å². The predicted molar refractivity (Wildman–Crippen MR) is 100 cm³/mol. The smallest absolute Gasteiger partial charge is 0.262 e. The molecule has 4 N–H and O–H groups in total. The minimum atomic E-state index is -0.967. The number of carbonyl (C=O) groups is 4. The van der Waals surface area contributed by atoms with Crippen molar-refractivity contribution in [2.75, 3.05) is 5.73 Å². The first-order valence-electron chi connectivity index (χ1n) is 8.70. The van der Waals surface area contributed by atoms with Crippen molar-refractivity contribution in [1.82, 2.24) is 20.5 Å². The molecule has 1 aromatic heterocycles. The Balaban J connectivity index is 1.54. The summed E-state index contributed by atoms with van der Waals surface area (Å²) in [5.41, 5.74) is 6.86. The highest BCUT2D eigenvalue weighted by atomic mass is 32.1. The Bertz CT molecular complexity index is 1000. The molecule has 3 heterocycles. The Morgan fingerprint density at radius 3 is 2.75 bits per heavy atom. The Morgan fingerprint density at radius 1 is 1.21 bits per heavy atom. The first-order chi connectivity index (χ1) is 13.5. The molecule has 0 radical (unpaired) electrons. The number of fused-ring (bicyclic) bond motifs is 1. The maximum atomic E-state index is 13.0. The molecule has 2 aliphatic rings. The second-order valence-electron chi connectivity index (χ2n) is 6.56. The van der Waals surface area contributed by atoms with Gasteiger partial charge in [0.05, 0.1) is 11.1 Å². The SMILES string of the molecule is Nc1ncc(CNCc2cccc3c2C(=O)N(C2CCC(=O)NC2=O)C3=O)s1. The summed E-state index contributed by atoms with van der Waals surface area (Å²) < 4.78 is 0. The van der Waals surface area contributed by atoms with E-state index >= 15 is 0 Å². The quantitative estimate of drug-likeness (QED) is 0.620. The Kier molecular flexibility index (Phi) is 4.65. The summed E-state index contributed by atoms with van der Waals surface area (Å²) in [6, 6.07) is 4.09. The van der Waals surface area contributed by atoms with Gasteiger partial charge < -0.3 is 11.1 Å². The molecule has 0 spiro atoms. The van der Waals surface area contributed by atoms with Gasteiger partial charge in [-0.3, -0.25) is 29.4 Å². The van der Waals surface area contributed by atoms with E-state index in [9.17, 15) is 19.2 Å². The van der Waals surface area contributed by atoms with Crippen molar-refractivity contribution in [1.29, 1.82) is 0 Å². The van der Waals surface area contributed by atoms with Gasteiger partial charge in [0.1, 0.15) is 6.04 Å². The summed E-state index contributed by atoms with van der Waals surface area (Å²) in [5.74, 6) is -2.03. The van der Waals surface area contributed by atoms with E-state index in [0.29, 0.717) is 29.3 Å². The molecule has 4 rings (SSSR count). The van der Waals surface area contributed by atoms with Crippen molar-refractivity contribution in [3.8, 4) is 0 Å². The molecule has 0 saturated carbocycles. The lowest BCUT2D eigenvalue weighted by molar-refractivity contribution is -0.136. The van der Waals surface area contributed by atoms with Crippen molar-refractivity contribution >= 4 is 40.1 Å². The zero-order valence-electron chi connectivity index (χ0n) is 14.7. The van der Waals surface area contributed by atoms with E-state index in [4.69, 9.17) is 5.73 Å². The number of anilines is 1. The Morgan fingerprint density at radius 2 is 2.04 bits per heavy atom. The maximum Gasteiger partial charge on any atom is 0.262 e. The summed E-state index contributed by atoms with van der Waals surface area (Å²) >= 11 is 1.37. The molecule has 1 atom stereocenters. The van der Waals surface area contributed by atoms with Crippen LogP contribution < -0.4 is 16.4 Å². The summed E-state index contributed by atoms with van der Waals surface area (Å²) in [6.07, 6.45) is 1.91. The molecule has 1 unspecified atom stereocenters. The third kappa shape index (κ3) is 3.16. The van der Waals surface area contributed by atoms with Crippen LogP contribution in [0.5, 0.6) is 0 Å². The highest BCUT2D eigenvalue weighted by Crippen LogP contribution is 2.30. The number of piperidine rings is 1. The molecule has 0 bridgehead atoms. The minimum absolute atomic E-state index is 0.0935. The lowest BCUT2D eigenvalue weighted by Crippen LogP contribution is -2.54. The van der Waals surface area contributed by atoms with Crippen LogP contribution in [0.1, 0.15) is 44.0 Å². The largest absolute Gasteiger partial charge is 0.375 e. The number of thiazole rings is 1. The number of carbonyl (C=O) groups excluding carboxylic acids is 4. The fourth-order valence-corrected chi connectivity index (χ4v) is 4.11. The van der Waals surface area contributed by atoms with Gasteiger partial charge in [0.2, 0.25) is 11.8 Å². The molecular formula is C18H17N5O4S. The van der Waals surface area contributed by atoms with Crippen molar-refractivity contribution in [3.63, 3.8) is 0 Å². The van der Waals surface area contributed by atoms with E-state index in [1.54, 1.807) is 24.4 Å². The van der Waals surface area contributed by atoms with Crippen LogP contribution in [0.3, 0.4) is 0 Å². The Labute approximate surface area is 163 Å². The van der Waals surface area contributed by atoms with Crippen LogP contribution >= 0.6 is 11.3 Å². The van der Waals surface area contributed by atoms with Crippen LogP contribution in [0.2, 0.25) is 0 Å². The van der Waals surface area contributed by atoms with Gasteiger partial charge in [-0.15, -0.1) is 11.3 Å². The molecule has 144 valence electrons. The average Bonchev–Trinajstić information content (AvgIpc) is 3.18. The van der Waals surface area contributed by atoms with E-state index in [-0.39, 0.29) is 18.4 Å². The third-order valence-corrected chi connectivity index (χ3v) is 5.57. The number of hydrogen-bond acceptors (Lipinski definition) is 8. The number of nitrogen functional groups attached to an aromatic ring is 1. The van der Waals surface area contributed by atoms with Gasteiger partial charge in [-0.2, -0.15) is 0 Å². The highest BCUT2D eigenvalue weighted by Gasteiger charge is 2.45. The first kappa shape index (κ1) is 18.3. The highest BCUT2D eigenvalue weighted by molar-refractivity contribution is 7.15. The number of nitrogens with zero attached hydrogens (tertiary/aromatic N) is 2. The van der Waals surface area contributed by atoms with Crippen LogP contribution in [-0.4, -0.2) is 39.6 Å². The van der Waals surface area contributed by atoms with Gasteiger partial charge in [-0.25, -0.2) is 4.98 Å². The molecule has 2 aliphatic heterocycles. The van der Waals surface area contributed by atoms with Crippen molar-refractivity contribution in [2.45, 2.75) is 32.0 Å². The number of nitrogens with one attached hydrogen (secondary N) is 2. The van der Waals surface area contributed by atoms with Crippen LogP contribution in [0.4, 0.5) is 5.13 Å². The third-order valence-electron chi connectivity index (χ3n) is 4.74. The minimum Gasteiger partial charge on any atom is -0.375 e. The monoisotopic (exact) mass is 399 g/mol. The van der Waals surface area contributed by atoms with Crippen molar-refractivity contribution in [2.24, 2.45) is 0 Å². The van der Waals surface area contributed by atoms with Gasteiger partial charge in [0, 0.05) is 30.6 Å². The van der Waals surface area contributed by atoms with Gasteiger partial charge in [0.15, 0.2) is 5.13 Å². The normalized spacial score (nSPS) is 19.1. The molecular weight excluding hydrogens is 382 g/mol. The molecule has 2 aromatic rings. The van der Waals surface area contributed by atoms with Gasteiger partial charge in [0.25, 0.3) is 11.8 Å². The first-order valence-corrected chi connectivity index (χ1v) is 9.51. The van der Waals surface area contributed by atoms with Crippen molar-refractivity contribution < 1.29 is 19.2 Å². The molecule has 9 nitrogen and oxygen atoms in total. The molecule has 28 heavy (non-hydrogen) atoms. The maximum absolute atomic E-state index is 13.0. The molecule has 1 saturated heterocycles. The number of aromatic nitrogens is 1. The summed E-state index contributed by atoms with van der Waals surface area (Å²) in [4.78, 5) is 55.2. The van der Waals surface area contributed by atoms with E-state index in [1.165, 1.54) is 11.3 Å². The van der Waals surface area contributed by atoms with Crippen LogP contribution in [-0.2, 0) is 22.7 Å². The zero-order valence-corrected chi connectivity index (χ0v) is 15.5. The summed E-state index contributed by atoms with van der Waals surface area (Å²) in [6.45, 7) is 0.890. The fourth-order valence-electron chi connectivity index (χ4n) is 3.46. The second kappa shape index (κ2) is 7.13. The number of nitrogens with two attached hydrogens (primary N) is 1. The van der Waals surface area contributed by atoms with Gasteiger partial charge >= 0.3 is 0 Å². The number of amides is 4. The number of benzene rings is 1. The standard InChI is InChI=1S/C18H17N5O4S/c19-18-21-8-10(28-18)7-20-6-9-2-1-3-11-14(9)17(27)23(16(11)26)12-4-5-13(24)22-15(12)25/h1-3,8,12,20H,4-7H2,(H2,19,21)(H,22,24,25). The van der Waals surface area contributed by atoms with Gasteiger partial charge in [-0.05, 0) is 18.1 Å². The summed E-state index contributed by atoms with van der Waals surface area (Å²) in [7, 11) is 0. The molecule has 4 amide bonds. The molecule has 10 heteroatoms. The molecule has 1 aromatic carbocycles. The van der Waals surface area contributed by atoms with Crippen LogP contribution in [0, 0.1) is 0 Å². The van der Waals surface area contributed by atoms with E-state index in [1.807, 2.05) is 0 Å². The second-order valence-corrected chi connectivity index (χ2v) is 7.70.